The van der Waals surface area contributed by atoms with Crippen LogP contribution in [0.25, 0.3) is 5.57 Å². The van der Waals surface area contributed by atoms with Gasteiger partial charge in [0.15, 0.2) is 5.95 Å². The number of nitrogens with one attached hydrogen (secondary N) is 5. The number of hydrogen-bond acceptors (Lipinski definition) is 7. The van der Waals surface area contributed by atoms with Crippen LogP contribution in [0.2, 0.25) is 0 Å². The number of rotatable bonds is 6. The van der Waals surface area contributed by atoms with Crippen LogP contribution in [-0.4, -0.2) is 67.6 Å². The number of imidazole rings is 1. The maximum absolute atomic E-state index is 13.7. The van der Waals surface area contributed by atoms with E-state index in [4.69, 9.17) is 11.5 Å². The second-order valence-corrected chi connectivity index (χ2v) is 9.25. The molecule has 0 saturated heterocycles. The van der Waals surface area contributed by atoms with Gasteiger partial charge in [-0.1, -0.05) is 0 Å². The molecule has 0 fully saturated rings. The van der Waals surface area contributed by atoms with Crippen LogP contribution in [0.15, 0.2) is 45.9 Å². The van der Waals surface area contributed by atoms with Crippen molar-refractivity contribution in [1.29, 1.82) is 0 Å². The molecule has 2 aliphatic rings. The number of aliphatic imine (C=N–C) groups is 1. The topological polar surface area (TPSA) is 203 Å². The van der Waals surface area contributed by atoms with E-state index in [1.165, 1.54) is 4.90 Å². The number of aromatic nitrogens is 4. The van der Waals surface area contributed by atoms with E-state index in [0.717, 1.165) is 4.47 Å². The molecule has 5 rings (SSSR count). The van der Waals surface area contributed by atoms with E-state index in [2.05, 4.69) is 51.5 Å². The summed E-state index contributed by atoms with van der Waals surface area (Å²) >= 11 is 3.31. The Balaban J connectivity index is 1.45. The van der Waals surface area contributed by atoms with E-state index >= 15 is 0 Å². The average Bonchev–Trinajstić information content (AvgIpc) is 3.62. The number of carbonyl (C=O) groups is 3. The van der Waals surface area contributed by atoms with Crippen LogP contribution in [-0.2, 0) is 11.2 Å². The van der Waals surface area contributed by atoms with Crippen molar-refractivity contribution in [2.24, 2.45) is 10.7 Å². The standard InChI is InChI=1S/C22H23BrN10O3/c23-10-5-15(28-7-10)18(34)29-9-12(6-11-8-30-21(24)31-11)33-20(36)17(32-22(33)25)14-2-4-27-19(35)16-13(14)1-3-26-16/h1,3,5,7-8,12,26,28H,2,4,6,9H2,(H2,25,32)(H,27,35)(H,29,34)(H3,24,30,31)/b17-14-. The summed E-state index contributed by atoms with van der Waals surface area (Å²) in [7, 11) is 0. The maximum Gasteiger partial charge on any atom is 0.279 e. The smallest absolute Gasteiger partial charge is 0.279 e. The van der Waals surface area contributed by atoms with E-state index in [9.17, 15) is 14.4 Å². The molecule has 13 nitrogen and oxygen atoms in total. The lowest BCUT2D eigenvalue weighted by atomic mass is 10.0. The Morgan fingerprint density at radius 1 is 1.28 bits per heavy atom. The van der Waals surface area contributed by atoms with Crippen molar-refractivity contribution in [1.82, 2.24) is 35.5 Å². The monoisotopic (exact) mass is 554 g/mol. The first-order valence-corrected chi connectivity index (χ1v) is 11.9. The minimum absolute atomic E-state index is 0.00234. The summed E-state index contributed by atoms with van der Waals surface area (Å²) in [5.41, 5.74) is 14.8. The van der Waals surface area contributed by atoms with Gasteiger partial charge in [0.2, 0.25) is 5.96 Å². The minimum atomic E-state index is -0.599. The number of carbonyl (C=O) groups excluding carboxylic acids is 3. The first-order chi connectivity index (χ1) is 17.3. The van der Waals surface area contributed by atoms with Gasteiger partial charge in [0.25, 0.3) is 17.7 Å². The van der Waals surface area contributed by atoms with Crippen LogP contribution in [0, 0.1) is 0 Å². The third-order valence-corrected chi connectivity index (χ3v) is 6.46. The van der Waals surface area contributed by atoms with Crippen LogP contribution in [0.4, 0.5) is 5.95 Å². The minimum Gasteiger partial charge on any atom is -0.369 e. The summed E-state index contributed by atoms with van der Waals surface area (Å²) in [6, 6.07) is 2.79. The first kappa shape index (κ1) is 23.4. The zero-order valence-corrected chi connectivity index (χ0v) is 20.5. The normalized spacial score (nSPS) is 18.5. The molecule has 14 heteroatoms. The Morgan fingerprint density at radius 3 is 2.83 bits per heavy atom. The lowest BCUT2D eigenvalue weighted by Gasteiger charge is -2.27. The van der Waals surface area contributed by atoms with Gasteiger partial charge in [0.1, 0.15) is 17.1 Å². The van der Waals surface area contributed by atoms with Gasteiger partial charge in [-0.25, -0.2) is 9.98 Å². The molecule has 2 aliphatic heterocycles. The van der Waals surface area contributed by atoms with Gasteiger partial charge in [-0.05, 0) is 40.1 Å². The van der Waals surface area contributed by atoms with Crippen molar-refractivity contribution in [3.8, 4) is 0 Å². The highest BCUT2D eigenvalue weighted by Gasteiger charge is 2.38. The molecule has 0 aromatic carbocycles. The van der Waals surface area contributed by atoms with Crippen molar-refractivity contribution in [2.45, 2.75) is 18.9 Å². The van der Waals surface area contributed by atoms with Gasteiger partial charge in [-0.2, -0.15) is 0 Å². The summed E-state index contributed by atoms with van der Waals surface area (Å²) in [6.07, 6.45) is 5.53. The number of aromatic amines is 3. The van der Waals surface area contributed by atoms with Gasteiger partial charge >= 0.3 is 0 Å². The number of halogens is 1. The highest BCUT2D eigenvalue weighted by Crippen LogP contribution is 2.32. The Hall–Kier alpha value is -4.33. The predicted octanol–water partition coefficient (Wildman–Crippen LogP) is 0.453. The molecule has 186 valence electrons. The van der Waals surface area contributed by atoms with Crippen LogP contribution >= 0.6 is 15.9 Å². The number of nitrogen functional groups attached to an aromatic ring is 1. The molecule has 36 heavy (non-hydrogen) atoms. The highest BCUT2D eigenvalue weighted by atomic mass is 79.9. The molecule has 0 spiro atoms. The Labute approximate surface area is 212 Å². The first-order valence-electron chi connectivity index (χ1n) is 11.1. The lowest BCUT2D eigenvalue weighted by molar-refractivity contribution is -0.124. The third-order valence-electron chi connectivity index (χ3n) is 6.00. The molecular formula is C22H23BrN10O3. The molecule has 5 heterocycles. The number of guanidine groups is 1. The molecule has 0 bridgehead atoms. The number of H-pyrrole nitrogens is 3. The van der Waals surface area contributed by atoms with Crippen LogP contribution < -0.4 is 22.1 Å². The fourth-order valence-corrected chi connectivity index (χ4v) is 4.70. The van der Waals surface area contributed by atoms with Crippen molar-refractivity contribution in [3.05, 3.63) is 63.5 Å². The Morgan fingerprint density at radius 2 is 2.11 bits per heavy atom. The van der Waals surface area contributed by atoms with Gasteiger partial charge in [-0.15, -0.1) is 0 Å². The quantitative estimate of drug-likeness (QED) is 0.215. The molecule has 3 aromatic heterocycles. The maximum atomic E-state index is 13.7. The summed E-state index contributed by atoms with van der Waals surface area (Å²) in [4.78, 5) is 57.2. The van der Waals surface area contributed by atoms with Gasteiger partial charge < -0.3 is 37.1 Å². The summed E-state index contributed by atoms with van der Waals surface area (Å²) < 4.78 is 0.736. The second kappa shape index (κ2) is 9.37. The van der Waals surface area contributed by atoms with E-state index in [1.54, 1.807) is 30.7 Å². The van der Waals surface area contributed by atoms with Gasteiger partial charge in [0, 0.05) is 47.6 Å². The Bertz CT molecular complexity index is 1410. The summed E-state index contributed by atoms with van der Waals surface area (Å²) in [6.45, 7) is 0.427. The van der Waals surface area contributed by atoms with Crippen LogP contribution in [0.3, 0.4) is 0 Å². The fourth-order valence-electron chi connectivity index (χ4n) is 4.36. The molecule has 1 atom stereocenters. The second-order valence-electron chi connectivity index (χ2n) is 8.34. The summed E-state index contributed by atoms with van der Waals surface area (Å²) in [5, 5.41) is 5.64. The molecule has 0 saturated carbocycles. The van der Waals surface area contributed by atoms with Crippen LogP contribution in [0.1, 0.15) is 38.7 Å². The predicted molar refractivity (Wildman–Crippen MR) is 134 cm³/mol. The van der Waals surface area contributed by atoms with Crippen LogP contribution in [0.5, 0.6) is 0 Å². The van der Waals surface area contributed by atoms with E-state index in [0.29, 0.717) is 41.2 Å². The number of anilines is 1. The number of amides is 3. The van der Waals surface area contributed by atoms with E-state index in [1.807, 2.05) is 0 Å². The number of hydrogen-bond donors (Lipinski definition) is 7. The molecule has 9 N–H and O–H groups in total. The molecule has 1 unspecified atom stereocenters. The number of nitrogens with zero attached hydrogens (tertiary/aromatic N) is 3. The third kappa shape index (κ3) is 4.37. The van der Waals surface area contributed by atoms with E-state index in [-0.39, 0.29) is 42.4 Å². The molecule has 0 radical (unpaired) electrons. The molecule has 3 amide bonds. The highest BCUT2D eigenvalue weighted by molar-refractivity contribution is 9.10. The number of nitrogens with two attached hydrogens (primary N) is 2. The Kier molecular flexibility index (Phi) is 6.10. The van der Waals surface area contributed by atoms with Gasteiger partial charge in [0.05, 0.1) is 12.2 Å². The van der Waals surface area contributed by atoms with Gasteiger partial charge in [-0.3, -0.25) is 19.3 Å². The lowest BCUT2D eigenvalue weighted by Crippen LogP contribution is -2.51. The SMILES string of the molecule is NC1=N/C(=C2/CCNC(=O)c3[nH]ccc32)C(=O)N1C(CNC(=O)c1cc(Br)c[nH]1)Cc1cnc(N)[nH]1. The van der Waals surface area contributed by atoms with Crippen molar-refractivity contribution in [2.75, 3.05) is 18.8 Å². The van der Waals surface area contributed by atoms with Crippen molar-refractivity contribution < 1.29 is 14.4 Å². The molecule has 0 aliphatic carbocycles. The van der Waals surface area contributed by atoms with E-state index < -0.39 is 11.9 Å². The number of fused-ring (bicyclic) bond motifs is 1. The largest absolute Gasteiger partial charge is 0.369 e. The van der Waals surface area contributed by atoms with Crippen molar-refractivity contribution >= 4 is 51.1 Å². The van der Waals surface area contributed by atoms with Crippen molar-refractivity contribution in [3.63, 3.8) is 0 Å². The zero-order valence-electron chi connectivity index (χ0n) is 18.9. The molecular weight excluding hydrogens is 532 g/mol. The molecule has 3 aromatic rings. The fraction of sp³-hybridized carbons (Fsp3) is 0.227. The summed E-state index contributed by atoms with van der Waals surface area (Å²) in [5.74, 6) is -0.785. The zero-order chi connectivity index (χ0) is 25.4. The average molecular weight is 555 g/mol.